The summed E-state index contributed by atoms with van der Waals surface area (Å²) in [6.45, 7) is 2.57. The van der Waals surface area contributed by atoms with Crippen molar-refractivity contribution in [2.24, 2.45) is 5.92 Å². The Morgan fingerprint density at radius 1 is 1.15 bits per heavy atom. The average molecular weight is 411 g/mol. The first-order valence-corrected chi connectivity index (χ1v) is 9.89. The van der Waals surface area contributed by atoms with Crippen molar-refractivity contribution < 1.29 is 13.2 Å². The number of carbonyl (C=O) groups is 1. The van der Waals surface area contributed by atoms with Crippen LogP contribution in [0.15, 0.2) is 47.5 Å². The van der Waals surface area contributed by atoms with Crippen molar-refractivity contribution in [1.82, 2.24) is 9.29 Å². The van der Waals surface area contributed by atoms with Crippen LogP contribution in [0, 0.1) is 12.8 Å². The number of nitrogen functional groups attached to an aromatic ring is 1. The van der Waals surface area contributed by atoms with Crippen molar-refractivity contribution in [3.05, 3.63) is 48.2 Å². The molecule has 1 aromatic carbocycles. The predicted molar refractivity (Wildman–Crippen MR) is 107 cm³/mol. The number of halogens is 1. The zero-order valence-electron chi connectivity index (χ0n) is 15.0. The summed E-state index contributed by atoms with van der Waals surface area (Å²) in [5.41, 5.74) is 7.12. The number of hydrogen-bond acceptors (Lipinski definition) is 5. The third-order valence-electron chi connectivity index (χ3n) is 4.54. The maximum absolute atomic E-state index is 12.7. The van der Waals surface area contributed by atoms with E-state index >= 15 is 0 Å². The van der Waals surface area contributed by atoms with Gasteiger partial charge in [-0.2, -0.15) is 4.31 Å². The van der Waals surface area contributed by atoms with Gasteiger partial charge in [-0.15, -0.1) is 12.4 Å². The van der Waals surface area contributed by atoms with Gasteiger partial charge in [-0.1, -0.05) is 17.7 Å². The Bertz CT molecular complexity index is 878. The first kappa shape index (κ1) is 21.1. The molecule has 0 radical (unpaired) electrons. The second-order valence-electron chi connectivity index (χ2n) is 6.45. The topological polar surface area (TPSA) is 105 Å². The van der Waals surface area contributed by atoms with Crippen molar-refractivity contribution >= 4 is 39.8 Å². The van der Waals surface area contributed by atoms with Crippen molar-refractivity contribution in [2.75, 3.05) is 24.1 Å². The summed E-state index contributed by atoms with van der Waals surface area (Å²) in [5, 5.41) is 2.81. The molecule has 2 aromatic rings. The summed E-state index contributed by atoms with van der Waals surface area (Å²) in [6, 6.07) is 10.1. The number of sulfonamides is 1. The lowest BCUT2D eigenvalue weighted by Crippen LogP contribution is -2.41. The Balaban J connectivity index is 0.00000261. The number of pyridine rings is 1. The predicted octanol–water partition coefficient (Wildman–Crippen LogP) is 2.43. The Kier molecular flexibility index (Phi) is 6.80. The Hall–Kier alpha value is -2.16. The lowest BCUT2D eigenvalue weighted by molar-refractivity contribution is -0.120. The van der Waals surface area contributed by atoms with Crippen LogP contribution < -0.4 is 11.1 Å². The van der Waals surface area contributed by atoms with Gasteiger partial charge in [0.15, 0.2) is 0 Å². The second kappa shape index (κ2) is 8.69. The van der Waals surface area contributed by atoms with Crippen LogP contribution in [0.3, 0.4) is 0 Å². The van der Waals surface area contributed by atoms with Gasteiger partial charge in [0.05, 0.1) is 16.8 Å². The Morgan fingerprint density at radius 2 is 1.78 bits per heavy atom. The summed E-state index contributed by atoms with van der Waals surface area (Å²) in [7, 11) is -3.51. The number of hydrogen-bond donors (Lipinski definition) is 2. The van der Waals surface area contributed by atoms with Gasteiger partial charge >= 0.3 is 0 Å². The molecule has 0 spiro atoms. The highest BCUT2D eigenvalue weighted by Gasteiger charge is 2.32. The normalized spacial score (nSPS) is 15.7. The molecule has 0 bridgehead atoms. The largest absolute Gasteiger partial charge is 0.384 e. The average Bonchev–Trinajstić information content (AvgIpc) is 2.64. The molecule has 3 rings (SSSR count). The number of piperidine rings is 1. The van der Waals surface area contributed by atoms with Gasteiger partial charge in [0.1, 0.15) is 5.82 Å². The zero-order valence-corrected chi connectivity index (χ0v) is 16.6. The minimum Gasteiger partial charge on any atom is -0.384 e. The fourth-order valence-corrected chi connectivity index (χ4v) is 4.41. The molecule has 7 nitrogen and oxygen atoms in total. The fraction of sp³-hybridized carbons (Fsp3) is 0.333. The molecule has 9 heteroatoms. The molecule has 1 saturated heterocycles. The summed E-state index contributed by atoms with van der Waals surface area (Å²) < 4.78 is 26.9. The minimum atomic E-state index is -3.51. The molecule has 1 aromatic heterocycles. The van der Waals surface area contributed by atoms with Crippen LogP contribution in [0.5, 0.6) is 0 Å². The maximum atomic E-state index is 12.7. The van der Waals surface area contributed by atoms with E-state index in [1.54, 1.807) is 36.4 Å². The number of nitrogens with zero attached hydrogens (tertiary/aromatic N) is 2. The third kappa shape index (κ3) is 4.97. The van der Waals surface area contributed by atoms with Crippen molar-refractivity contribution in [3.8, 4) is 0 Å². The quantitative estimate of drug-likeness (QED) is 0.805. The molecule has 1 aliphatic rings. The van der Waals surface area contributed by atoms with Crippen LogP contribution >= 0.6 is 12.4 Å². The number of nitrogens with two attached hydrogens (primary N) is 1. The van der Waals surface area contributed by atoms with Crippen molar-refractivity contribution in [3.63, 3.8) is 0 Å². The first-order valence-electron chi connectivity index (χ1n) is 8.45. The number of rotatable bonds is 4. The molecule has 0 aliphatic carbocycles. The lowest BCUT2D eigenvalue weighted by Gasteiger charge is -2.30. The van der Waals surface area contributed by atoms with Crippen LogP contribution in [0.4, 0.5) is 11.5 Å². The summed E-state index contributed by atoms with van der Waals surface area (Å²) in [5.74, 6) is 0.0404. The van der Waals surface area contributed by atoms with Crippen LogP contribution in [-0.2, 0) is 14.8 Å². The monoisotopic (exact) mass is 410 g/mol. The van der Waals surface area contributed by atoms with E-state index in [1.807, 2.05) is 6.92 Å². The number of anilines is 2. The number of aryl methyl sites for hydroxylation is 1. The van der Waals surface area contributed by atoms with Gasteiger partial charge in [0, 0.05) is 19.0 Å². The van der Waals surface area contributed by atoms with Crippen LogP contribution in [0.1, 0.15) is 18.4 Å². The number of nitrogens with one attached hydrogen (secondary N) is 1. The summed E-state index contributed by atoms with van der Waals surface area (Å²) in [4.78, 5) is 16.6. The van der Waals surface area contributed by atoms with E-state index in [0.717, 1.165) is 5.56 Å². The second-order valence-corrected chi connectivity index (χ2v) is 8.39. The summed E-state index contributed by atoms with van der Waals surface area (Å²) in [6.07, 6.45) is 2.48. The van der Waals surface area contributed by atoms with E-state index in [0.29, 0.717) is 42.3 Å². The number of benzene rings is 1. The molecule has 2 heterocycles. The van der Waals surface area contributed by atoms with Crippen LogP contribution in [-0.4, -0.2) is 36.7 Å². The van der Waals surface area contributed by atoms with Crippen molar-refractivity contribution in [1.29, 1.82) is 0 Å². The Morgan fingerprint density at radius 3 is 2.33 bits per heavy atom. The highest BCUT2D eigenvalue weighted by atomic mass is 35.5. The first-order chi connectivity index (χ1) is 12.4. The van der Waals surface area contributed by atoms with Gasteiger partial charge in [-0.05, 0) is 44.0 Å². The minimum absolute atomic E-state index is 0. The lowest BCUT2D eigenvalue weighted by atomic mass is 9.97. The molecular formula is C18H23ClN4O3S. The highest BCUT2D eigenvalue weighted by molar-refractivity contribution is 7.89. The molecule has 3 N–H and O–H groups in total. The third-order valence-corrected chi connectivity index (χ3v) is 6.45. The molecule has 0 atom stereocenters. The van der Waals surface area contributed by atoms with E-state index in [9.17, 15) is 13.2 Å². The molecule has 1 aliphatic heterocycles. The highest BCUT2D eigenvalue weighted by Crippen LogP contribution is 2.25. The van der Waals surface area contributed by atoms with E-state index in [4.69, 9.17) is 5.73 Å². The maximum Gasteiger partial charge on any atom is 0.243 e. The van der Waals surface area contributed by atoms with Gasteiger partial charge in [-0.3, -0.25) is 4.79 Å². The standard InChI is InChI=1S/C18H22N4O3S.ClH/c1-13-2-5-16(6-3-13)26(24,25)22-10-8-14(9-11-22)18(23)21-15-4-7-17(19)20-12-15;/h2-7,12,14H,8-11H2,1H3,(H2,19,20)(H,21,23);1H. The molecule has 1 amide bonds. The number of amides is 1. The zero-order chi connectivity index (χ0) is 18.7. The van der Waals surface area contributed by atoms with E-state index < -0.39 is 10.0 Å². The molecule has 27 heavy (non-hydrogen) atoms. The SMILES string of the molecule is Cc1ccc(S(=O)(=O)N2CCC(C(=O)Nc3ccc(N)nc3)CC2)cc1.Cl. The molecule has 0 unspecified atom stereocenters. The van der Waals surface area contributed by atoms with Gasteiger partial charge in [0.2, 0.25) is 15.9 Å². The van der Waals surface area contributed by atoms with Crippen LogP contribution in [0.2, 0.25) is 0 Å². The van der Waals surface area contributed by atoms with Gasteiger partial charge < -0.3 is 11.1 Å². The number of carbonyl (C=O) groups excluding carboxylic acids is 1. The molecule has 0 saturated carbocycles. The number of aromatic nitrogens is 1. The Labute approximate surface area is 165 Å². The molecule has 1 fully saturated rings. The van der Waals surface area contributed by atoms with Gasteiger partial charge in [-0.25, -0.2) is 13.4 Å². The van der Waals surface area contributed by atoms with Gasteiger partial charge in [0.25, 0.3) is 0 Å². The fourth-order valence-electron chi connectivity index (χ4n) is 2.94. The van der Waals surface area contributed by atoms with E-state index in [-0.39, 0.29) is 24.2 Å². The van der Waals surface area contributed by atoms with E-state index in [2.05, 4.69) is 10.3 Å². The van der Waals surface area contributed by atoms with Crippen LogP contribution in [0.25, 0.3) is 0 Å². The van der Waals surface area contributed by atoms with Crippen molar-refractivity contribution in [2.45, 2.75) is 24.7 Å². The smallest absolute Gasteiger partial charge is 0.243 e. The summed E-state index contributed by atoms with van der Waals surface area (Å²) >= 11 is 0. The molecule has 146 valence electrons. The van der Waals surface area contributed by atoms with E-state index in [1.165, 1.54) is 10.5 Å². The molecular weight excluding hydrogens is 388 g/mol.